The van der Waals surface area contributed by atoms with Gasteiger partial charge in [-0.2, -0.15) is 0 Å². The summed E-state index contributed by atoms with van der Waals surface area (Å²) in [5.41, 5.74) is 0. The minimum absolute atomic E-state index is 0.00308. The van der Waals surface area contributed by atoms with Gasteiger partial charge in [0.15, 0.2) is 5.78 Å². The molecule has 18 heavy (non-hydrogen) atoms. The number of carbonyl (C=O) groups excluding carboxylic acids is 1. The third-order valence-electron chi connectivity index (χ3n) is 3.66. The van der Waals surface area contributed by atoms with Gasteiger partial charge in [-0.15, -0.1) is 0 Å². The predicted octanol–water partition coefficient (Wildman–Crippen LogP) is 1.30. The zero-order chi connectivity index (χ0) is 13.7. The number of rotatable bonds is 5. The third kappa shape index (κ3) is 3.90. The number of ether oxygens (including phenoxy) is 1. The van der Waals surface area contributed by atoms with Crippen molar-refractivity contribution in [2.45, 2.75) is 51.9 Å². The highest BCUT2D eigenvalue weighted by Gasteiger charge is 2.37. The summed E-state index contributed by atoms with van der Waals surface area (Å²) in [4.78, 5) is 11.0. The third-order valence-corrected chi connectivity index (χ3v) is 3.66. The van der Waals surface area contributed by atoms with Crippen molar-refractivity contribution in [3.63, 3.8) is 0 Å². The van der Waals surface area contributed by atoms with Crippen LogP contribution in [0.15, 0.2) is 12.2 Å². The molecule has 0 aromatic rings. The molecule has 5 unspecified atom stereocenters. The number of hydrogen-bond acceptors (Lipinski definition) is 4. The lowest BCUT2D eigenvalue weighted by Crippen LogP contribution is -2.47. The quantitative estimate of drug-likeness (QED) is 0.728. The maximum atomic E-state index is 11.0. The van der Waals surface area contributed by atoms with Crippen LogP contribution in [0.3, 0.4) is 0 Å². The molecule has 0 amide bonds. The van der Waals surface area contributed by atoms with Crippen LogP contribution in [0.25, 0.3) is 0 Å². The van der Waals surface area contributed by atoms with Crippen LogP contribution in [-0.4, -0.2) is 40.9 Å². The van der Waals surface area contributed by atoms with Gasteiger partial charge < -0.3 is 14.9 Å². The topological polar surface area (TPSA) is 66.8 Å². The molecule has 0 bridgehead atoms. The molecule has 1 saturated heterocycles. The molecule has 2 N–H and O–H groups in total. The van der Waals surface area contributed by atoms with Crippen molar-refractivity contribution in [1.82, 2.24) is 0 Å². The number of allylic oxidation sites excluding steroid dienone is 1. The first-order chi connectivity index (χ1) is 8.49. The average Bonchev–Trinajstić information content (AvgIpc) is 2.35. The van der Waals surface area contributed by atoms with Gasteiger partial charge in [0.05, 0.1) is 18.8 Å². The van der Waals surface area contributed by atoms with E-state index in [1.807, 2.05) is 6.08 Å². The molecule has 1 fully saturated rings. The zero-order valence-corrected chi connectivity index (χ0v) is 11.4. The van der Waals surface area contributed by atoms with E-state index in [1.54, 1.807) is 0 Å². The van der Waals surface area contributed by atoms with Crippen LogP contribution in [-0.2, 0) is 9.53 Å². The number of carbonyl (C=O) groups is 1. The second-order valence-electron chi connectivity index (χ2n) is 5.14. The van der Waals surface area contributed by atoms with Crippen molar-refractivity contribution >= 4 is 5.78 Å². The van der Waals surface area contributed by atoms with Gasteiger partial charge in [-0.1, -0.05) is 26.3 Å². The normalized spacial score (nSPS) is 34.7. The summed E-state index contributed by atoms with van der Waals surface area (Å²) in [7, 11) is 0. The van der Waals surface area contributed by atoms with Gasteiger partial charge in [0.2, 0.25) is 0 Å². The molecule has 1 aliphatic rings. The molecule has 0 aliphatic carbocycles. The maximum Gasteiger partial charge on any atom is 0.152 e. The van der Waals surface area contributed by atoms with E-state index in [9.17, 15) is 15.0 Å². The minimum atomic E-state index is -0.670. The molecule has 1 aliphatic heterocycles. The highest BCUT2D eigenvalue weighted by molar-refractivity contribution is 5.87. The van der Waals surface area contributed by atoms with Crippen LogP contribution in [0.4, 0.5) is 0 Å². The van der Waals surface area contributed by atoms with Crippen molar-refractivity contribution < 1.29 is 19.7 Å². The van der Waals surface area contributed by atoms with Crippen molar-refractivity contribution in [2.24, 2.45) is 11.8 Å². The van der Waals surface area contributed by atoms with Crippen LogP contribution >= 0.6 is 0 Å². The van der Waals surface area contributed by atoms with E-state index >= 15 is 0 Å². The summed E-state index contributed by atoms with van der Waals surface area (Å²) in [6.07, 6.45) is 3.63. The Balaban J connectivity index is 2.80. The molecule has 0 saturated carbocycles. The predicted molar refractivity (Wildman–Crippen MR) is 69.1 cm³/mol. The van der Waals surface area contributed by atoms with Gasteiger partial charge in [0.1, 0.15) is 6.10 Å². The second-order valence-corrected chi connectivity index (χ2v) is 5.14. The van der Waals surface area contributed by atoms with E-state index in [0.717, 1.165) is 6.42 Å². The smallest absolute Gasteiger partial charge is 0.152 e. The SMILES string of the molecule is CCC(C)C1OC(CO)C(O)CC1/C=C\C(C)=O. The lowest BCUT2D eigenvalue weighted by Gasteiger charge is -2.40. The zero-order valence-electron chi connectivity index (χ0n) is 11.4. The first-order valence-corrected chi connectivity index (χ1v) is 6.62. The standard InChI is InChI=1S/C14H24O4/c1-4-9(2)14-11(6-5-10(3)16)7-12(17)13(8-15)18-14/h5-6,9,11-15,17H,4,7-8H2,1-3H3/b6-5-. The highest BCUT2D eigenvalue weighted by atomic mass is 16.5. The summed E-state index contributed by atoms with van der Waals surface area (Å²) in [6, 6.07) is 0. The molecule has 0 aromatic heterocycles. The van der Waals surface area contributed by atoms with Crippen LogP contribution in [0, 0.1) is 11.8 Å². The van der Waals surface area contributed by atoms with E-state index in [-0.39, 0.29) is 24.4 Å². The number of ketones is 1. The first-order valence-electron chi connectivity index (χ1n) is 6.62. The molecule has 4 nitrogen and oxygen atoms in total. The average molecular weight is 256 g/mol. The summed E-state index contributed by atoms with van der Waals surface area (Å²) >= 11 is 0. The molecule has 0 radical (unpaired) electrons. The molecule has 1 rings (SSSR count). The fourth-order valence-corrected chi connectivity index (χ4v) is 2.36. The Morgan fingerprint density at radius 2 is 2.22 bits per heavy atom. The molecule has 0 spiro atoms. The van der Waals surface area contributed by atoms with E-state index < -0.39 is 12.2 Å². The highest BCUT2D eigenvalue weighted by Crippen LogP contribution is 2.32. The summed E-state index contributed by atoms with van der Waals surface area (Å²) < 4.78 is 5.78. The van der Waals surface area contributed by atoms with Gasteiger partial charge in [0, 0.05) is 5.92 Å². The largest absolute Gasteiger partial charge is 0.394 e. The van der Waals surface area contributed by atoms with E-state index in [1.165, 1.54) is 13.0 Å². The molecule has 104 valence electrons. The lowest BCUT2D eigenvalue weighted by molar-refractivity contribution is -0.164. The van der Waals surface area contributed by atoms with Crippen molar-refractivity contribution in [3.05, 3.63) is 12.2 Å². The lowest BCUT2D eigenvalue weighted by atomic mass is 9.82. The molecule has 1 heterocycles. The summed E-state index contributed by atoms with van der Waals surface area (Å²) in [5, 5.41) is 19.1. The molecular weight excluding hydrogens is 232 g/mol. The van der Waals surface area contributed by atoms with E-state index in [4.69, 9.17) is 4.74 Å². The Labute approximate surface area is 109 Å². The summed E-state index contributed by atoms with van der Waals surface area (Å²) in [5.74, 6) is 0.353. The fraction of sp³-hybridized carbons (Fsp3) is 0.786. The molecule has 4 heteroatoms. The van der Waals surface area contributed by atoms with Crippen molar-refractivity contribution in [1.29, 1.82) is 0 Å². The first kappa shape index (κ1) is 15.3. The molecule has 5 atom stereocenters. The van der Waals surface area contributed by atoms with Gasteiger partial charge in [-0.25, -0.2) is 0 Å². The van der Waals surface area contributed by atoms with E-state index in [0.29, 0.717) is 12.3 Å². The fourth-order valence-electron chi connectivity index (χ4n) is 2.36. The second kappa shape index (κ2) is 7.02. The Morgan fingerprint density at radius 1 is 1.56 bits per heavy atom. The minimum Gasteiger partial charge on any atom is -0.394 e. The Bertz CT molecular complexity index is 300. The maximum absolute atomic E-state index is 11.0. The van der Waals surface area contributed by atoms with Gasteiger partial charge in [-0.3, -0.25) is 4.79 Å². The summed E-state index contributed by atoms with van der Waals surface area (Å²) in [6.45, 7) is 5.51. The van der Waals surface area contributed by atoms with E-state index in [2.05, 4.69) is 13.8 Å². The van der Waals surface area contributed by atoms with Crippen molar-refractivity contribution in [2.75, 3.05) is 6.61 Å². The van der Waals surface area contributed by atoms with Crippen LogP contribution < -0.4 is 0 Å². The van der Waals surface area contributed by atoms with Gasteiger partial charge >= 0.3 is 0 Å². The van der Waals surface area contributed by atoms with Crippen LogP contribution in [0.1, 0.15) is 33.6 Å². The number of hydrogen-bond donors (Lipinski definition) is 2. The van der Waals surface area contributed by atoms with Crippen LogP contribution in [0.5, 0.6) is 0 Å². The Hall–Kier alpha value is -0.710. The van der Waals surface area contributed by atoms with Crippen LogP contribution in [0.2, 0.25) is 0 Å². The van der Waals surface area contributed by atoms with Gasteiger partial charge in [0.25, 0.3) is 0 Å². The molecular formula is C14H24O4. The monoisotopic (exact) mass is 256 g/mol. The molecule has 0 aromatic carbocycles. The van der Waals surface area contributed by atoms with Crippen molar-refractivity contribution in [3.8, 4) is 0 Å². The Morgan fingerprint density at radius 3 is 2.72 bits per heavy atom. The van der Waals surface area contributed by atoms with Gasteiger partial charge in [-0.05, 0) is 25.3 Å². The number of aliphatic hydroxyl groups excluding tert-OH is 2. The number of aliphatic hydroxyl groups is 2. The Kier molecular flexibility index (Phi) is 5.99.